The van der Waals surface area contributed by atoms with Crippen LogP contribution in [0.25, 0.3) is 16.8 Å². The third-order valence-electron chi connectivity index (χ3n) is 6.09. The van der Waals surface area contributed by atoms with Crippen LogP contribution in [0, 0.1) is 14.1 Å². The fourth-order valence-corrected chi connectivity index (χ4v) is 6.36. The summed E-state index contributed by atoms with van der Waals surface area (Å²) in [5, 5.41) is 7.64. The molecule has 0 spiro atoms. The van der Waals surface area contributed by atoms with Gasteiger partial charge in [0.1, 0.15) is 24.6 Å². The van der Waals surface area contributed by atoms with Crippen molar-refractivity contribution >= 4 is 85.6 Å². The molecule has 1 aliphatic heterocycles. The summed E-state index contributed by atoms with van der Waals surface area (Å²) in [5.41, 5.74) is 3.51. The average Bonchev–Trinajstić information content (AvgIpc) is 3.15. The Morgan fingerprint density at radius 2 is 1.69 bits per heavy atom. The van der Waals surface area contributed by atoms with Crippen molar-refractivity contribution in [3.63, 3.8) is 0 Å². The highest BCUT2D eigenvalue weighted by Gasteiger charge is 2.35. The van der Waals surface area contributed by atoms with Gasteiger partial charge in [0.15, 0.2) is 0 Å². The molecule has 4 amide bonds. The van der Waals surface area contributed by atoms with E-state index < -0.39 is 17.8 Å². The molecule has 0 bridgehead atoms. The SMILES string of the molecule is Cc1cccc(NC(=O)CN2C(=O)N/C(=C/c3cc(I)c(OCc4ccc5ccccc5c4)c(I)c3)C2=O)c1. The van der Waals surface area contributed by atoms with Crippen molar-refractivity contribution in [1.82, 2.24) is 10.2 Å². The van der Waals surface area contributed by atoms with Gasteiger partial charge in [-0.25, -0.2) is 9.69 Å². The van der Waals surface area contributed by atoms with Crippen LogP contribution in [0.15, 0.2) is 84.6 Å². The number of imide groups is 1. The number of amides is 4. The summed E-state index contributed by atoms with van der Waals surface area (Å²) < 4.78 is 7.90. The number of nitrogens with one attached hydrogen (secondary N) is 2. The number of urea groups is 1. The van der Waals surface area contributed by atoms with Crippen LogP contribution >= 0.6 is 45.2 Å². The molecule has 5 rings (SSSR count). The summed E-state index contributed by atoms with van der Waals surface area (Å²) >= 11 is 4.41. The number of hydrogen-bond acceptors (Lipinski definition) is 4. The van der Waals surface area contributed by atoms with Gasteiger partial charge in [-0.05, 0) is 116 Å². The second-order valence-electron chi connectivity index (χ2n) is 9.08. The highest BCUT2D eigenvalue weighted by molar-refractivity contribution is 14.1. The number of carbonyl (C=O) groups excluding carboxylic acids is 3. The maximum Gasteiger partial charge on any atom is 0.329 e. The molecular weight excluding hydrogens is 720 g/mol. The summed E-state index contributed by atoms with van der Waals surface area (Å²) in [4.78, 5) is 38.8. The van der Waals surface area contributed by atoms with Crippen LogP contribution < -0.4 is 15.4 Å². The summed E-state index contributed by atoms with van der Waals surface area (Å²) in [6, 6.07) is 24.9. The number of carbonyl (C=O) groups is 3. The van der Waals surface area contributed by atoms with Crippen molar-refractivity contribution in [3.8, 4) is 5.75 Å². The molecule has 0 atom stereocenters. The largest absolute Gasteiger partial charge is 0.487 e. The maximum atomic E-state index is 12.9. The van der Waals surface area contributed by atoms with E-state index in [4.69, 9.17) is 4.74 Å². The number of halogens is 2. The van der Waals surface area contributed by atoms with Crippen molar-refractivity contribution in [3.05, 3.63) is 108 Å². The minimum atomic E-state index is -0.634. The van der Waals surface area contributed by atoms with Gasteiger partial charge in [0, 0.05) is 5.69 Å². The number of benzene rings is 4. The first-order valence-electron chi connectivity index (χ1n) is 12.1. The third kappa shape index (κ3) is 6.41. The lowest BCUT2D eigenvalue weighted by Crippen LogP contribution is -2.38. The Morgan fingerprint density at radius 1 is 0.949 bits per heavy atom. The average molecular weight is 743 g/mol. The Balaban J connectivity index is 1.26. The number of fused-ring (bicyclic) bond motifs is 1. The number of ether oxygens (including phenoxy) is 1. The second-order valence-corrected chi connectivity index (χ2v) is 11.4. The van der Waals surface area contributed by atoms with E-state index in [1.165, 1.54) is 5.39 Å². The Morgan fingerprint density at radius 3 is 2.44 bits per heavy atom. The standard InChI is InChI=1S/C30H23I2N3O4/c1-18-5-4-8-23(11-18)33-27(36)16-35-29(37)26(34-30(35)38)15-20-13-24(31)28(25(32)14-20)39-17-19-9-10-21-6-2-3-7-22(21)12-19/h2-15H,16-17H2,1H3,(H,33,36)(H,34,38)/b26-15+. The second kappa shape index (κ2) is 11.7. The Kier molecular flexibility index (Phi) is 8.17. The van der Waals surface area contributed by atoms with Gasteiger partial charge in [-0.2, -0.15) is 0 Å². The fourth-order valence-electron chi connectivity index (χ4n) is 4.23. The van der Waals surface area contributed by atoms with Crippen molar-refractivity contribution in [2.45, 2.75) is 13.5 Å². The zero-order chi connectivity index (χ0) is 27.5. The fraction of sp³-hybridized carbons (Fsp3) is 0.100. The van der Waals surface area contributed by atoms with Gasteiger partial charge in [0.05, 0.1) is 7.14 Å². The highest BCUT2D eigenvalue weighted by atomic mass is 127. The summed E-state index contributed by atoms with van der Waals surface area (Å²) in [5.74, 6) is -0.258. The summed E-state index contributed by atoms with van der Waals surface area (Å²) in [6.07, 6.45) is 1.61. The Hall–Kier alpha value is -3.45. The number of hydrogen-bond donors (Lipinski definition) is 2. The number of anilines is 1. The van der Waals surface area contributed by atoms with E-state index >= 15 is 0 Å². The molecule has 1 fully saturated rings. The summed E-state index contributed by atoms with van der Waals surface area (Å²) in [7, 11) is 0. The molecule has 0 aromatic heterocycles. The lowest BCUT2D eigenvalue weighted by Gasteiger charge is -2.13. The Labute approximate surface area is 252 Å². The van der Waals surface area contributed by atoms with E-state index in [9.17, 15) is 14.4 Å². The van der Waals surface area contributed by atoms with E-state index in [1.54, 1.807) is 12.1 Å². The molecule has 39 heavy (non-hydrogen) atoms. The first-order valence-corrected chi connectivity index (χ1v) is 14.2. The monoisotopic (exact) mass is 743 g/mol. The molecule has 0 unspecified atom stereocenters. The molecule has 0 aliphatic carbocycles. The molecule has 1 saturated heterocycles. The molecule has 4 aromatic carbocycles. The van der Waals surface area contributed by atoms with Gasteiger partial charge >= 0.3 is 6.03 Å². The number of nitrogens with zero attached hydrogens (tertiary/aromatic N) is 1. The molecule has 7 nitrogen and oxygen atoms in total. The molecule has 196 valence electrons. The van der Waals surface area contributed by atoms with Gasteiger partial charge in [-0.15, -0.1) is 0 Å². The minimum Gasteiger partial charge on any atom is -0.487 e. The predicted octanol–water partition coefficient (Wildman–Crippen LogP) is 6.47. The van der Waals surface area contributed by atoms with Crippen LogP contribution in [-0.4, -0.2) is 29.3 Å². The Bertz CT molecular complexity index is 1630. The van der Waals surface area contributed by atoms with Crippen molar-refractivity contribution in [1.29, 1.82) is 0 Å². The van der Waals surface area contributed by atoms with Gasteiger partial charge in [0.25, 0.3) is 5.91 Å². The van der Waals surface area contributed by atoms with Gasteiger partial charge in [-0.3, -0.25) is 9.59 Å². The van der Waals surface area contributed by atoms with Gasteiger partial charge in [-0.1, -0.05) is 48.5 Å². The van der Waals surface area contributed by atoms with Gasteiger partial charge in [0.2, 0.25) is 5.91 Å². The number of aryl methyl sites for hydroxylation is 1. The molecule has 0 saturated carbocycles. The zero-order valence-electron chi connectivity index (χ0n) is 20.8. The van der Waals surface area contributed by atoms with Crippen LogP contribution in [0.5, 0.6) is 5.75 Å². The minimum absolute atomic E-state index is 0.111. The zero-order valence-corrected chi connectivity index (χ0v) is 25.1. The molecule has 0 radical (unpaired) electrons. The van der Waals surface area contributed by atoms with Gasteiger partial charge < -0.3 is 15.4 Å². The molecule has 1 heterocycles. The van der Waals surface area contributed by atoms with Crippen LogP contribution in [0.2, 0.25) is 0 Å². The van der Waals surface area contributed by atoms with E-state index in [-0.39, 0.29) is 12.2 Å². The van der Waals surface area contributed by atoms with Crippen LogP contribution in [-0.2, 0) is 16.2 Å². The molecule has 1 aliphatic rings. The highest BCUT2D eigenvalue weighted by Crippen LogP contribution is 2.31. The van der Waals surface area contributed by atoms with E-state index in [0.717, 1.165) is 39.9 Å². The predicted molar refractivity (Wildman–Crippen MR) is 168 cm³/mol. The molecule has 4 aromatic rings. The first-order chi connectivity index (χ1) is 18.8. The van der Waals surface area contributed by atoms with E-state index in [1.807, 2.05) is 49.4 Å². The van der Waals surface area contributed by atoms with Crippen LogP contribution in [0.1, 0.15) is 16.7 Å². The van der Waals surface area contributed by atoms with Crippen molar-refractivity contribution in [2.75, 3.05) is 11.9 Å². The van der Waals surface area contributed by atoms with E-state index in [2.05, 4.69) is 86.1 Å². The smallest absolute Gasteiger partial charge is 0.329 e. The molecule has 2 N–H and O–H groups in total. The topological polar surface area (TPSA) is 87.7 Å². The van der Waals surface area contributed by atoms with Crippen molar-refractivity contribution < 1.29 is 19.1 Å². The lowest BCUT2D eigenvalue weighted by atomic mass is 10.1. The molecule has 9 heteroatoms. The normalized spacial score (nSPS) is 14.1. The van der Waals surface area contributed by atoms with E-state index in [0.29, 0.717) is 12.3 Å². The third-order valence-corrected chi connectivity index (χ3v) is 7.70. The first kappa shape index (κ1) is 27.1. The quantitative estimate of drug-likeness (QED) is 0.129. The van der Waals surface area contributed by atoms with Crippen molar-refractivity contribution in [2.24, 2.45) is 0 Å². The summed E-state index contributed by atoms with van der Waals surface area (Å²) in [6.45, 7) is 1.95. The molecular formula is C30H23I2N3O4. The number of rotatable bonds is 7. The van der Waals surface area contributed by atoms with Crippen LogP contribution in [0.3, 0.4) is 0 Å². The lowest BCUT2D eigenvalue weighted by molar-refractivity contribution is -0.127. The van der Waals surface area contributed by atoms with Crippen LogP contribution in [0.4, 0.5) is 10.5 Å². The maximum absolute atomic E-state index is 12.9.